The molecule has 0 saturated carbocycles. The summed E-state index contributed by atoms with van der Waals surface area (Å²) >= 11 is 0. The van der Waals surface area contributed by atoms with Crippen molar-refractivity contribution in [2.75, 3.05) is 6.54 Å². The van der Waals surface area contributed by atoms with Crippen LogP contribution in [0.2, 0.25) is 0 Å². The second-order valence-corrected chi connectivity index (χ2v) is 6.50. The lowest BCUT2D eigenvalue weighted by Crippen LogP contribution is -2.49. The number of allylic oxidation sites excluding steroid dienone is 1. The molecule has 1 atom stereocenters. The average molecular weight is 299 g/mol. The quantitative estimate of drug-likeness (QED) is 0.746. The second-order valence-electron chi connectivity index (χ2n) is 4.61. The van der Waals surface area contributed by atoms with E-state index in [1.54, 1.807) is 0 Å². The number of piperidine rings is 1. The van der Waals surface area contributed by atoms with E-state index in [1.807, 2.05) is 19.9 Å². The summed E-state index contributed by atoms with van der Waals surface area (Å²) < 4.78 is 62.0. The highest BCUT2D eigenvalue weighted by molar-refractivity contribution is 7.90. The molecule has 0 N–H and O–H groups in total. The molecular formula is C12H20F3NO2S. The molecule has 0 aromatic heterocycles. The standard InChI is InChI=1S/C12H20F3NO2S/c1-3-7-10(4-2)11-8-5-6-9-16(11)19(17,18)12(13,14)15/h7,11H,3-6,8-9H2,1-2H3/b10-7+. The van der Waals surface area contributed by atoms with Gasteiger partial charge in [0.15, 0.2) is 0 Å². The van der Waals surface area contributed by atoms with Gasteiger partial charge in [0.2, 0.25) is 0 Å². The summed E-state index contributed by atoms with van der Waals surface area (Å²) in [6, 6.07) is -0.634. The molecule has 19 heavy (non-hydrogen) atoms. The van der Waals surface area contributed by atoms with Crippen LogP contribution in [0.5, 0.6) is 0 Å². The predicted octanol–water partition coefficient (Wildman–Crippen LogP) is 3.44. The van der Waals surface area contributed by atoms with Crippen LogP contribution in [-0.4, -0.2) is 30.8 Å². The highest BCUT2D eigenvalue weighted by atomic mass is 32.2. The number of hydrogen-bond acceptors (Lipinski definition) is 2. The van der Waals surface area contributed by atoms with Crippen molar-refractivity contribution in [1.29, 1.82) is 0 Å². The Hall–Kier alpha value is -0.560. The first-order valence-corrected chi connectivity index (χ1v) is 7.96. The van der Waals surface area contributed by atoms with Crippen molar-refractivity contribution in [2.45, 2.75) is 57.5 Å². The Bertz CT molecular complexity index is 429. The van der Waals surface area contributed by atoms with E-state index in [4.69, 9.17) is 0 Å². The minimum absolute atomic E-state index is 0.0481. The first kappa shape index (κ1) is 16.5. The van der Waals surface area contributed by atoms with Gasteiger partial charge in [0, 0.05) is 12.6 Å². The monoisotopic (exact) mass is 299 g/mol. The fraction of sp³-hybridized carbons (Fsp3) is 0.833. The molecule has 1 rings (SSSR count). The molecule has 1 saturated heterocycles. The molecule has 0 aromatic carbocycles. The first-order chi connectivity index (χ1) is 8.75. The van der Waals surface area contributed by atoms with Crippen LogP contribution >= 0.6 is 0 Å². The third kappa shape index (κ3) is 3.51. The Morgan fingerprint density at radius 3 is 2.42 bits per heavy atom. The van der Waals surface area contributed by atoms with Gasteiger partial charge in [-0.1, -0.05) is 31.9 Å². The fourth-order valence-electron chi connectivity index (χ4n) is 2.47. The maximum absolute atomic E-state index is 12.7. The largest absolute Gasteiger partial charge is 0.511 e. The van der Waals surface area contributed by atoms with Gasteiger partial charge >= 0.3 is 15.5 Å². The summed E-state index contributed by atoms with van der Waals surface area (Å²) in [5.41, 5.74) is -4.43. The molecule has 3 nitrogen and oxygen atoms in total. The van der Waals surface area contributed by atoms with Crippen molar-refractivity contribution in [3.05, 3.63) is 11.6 Å². The zero-order chi connectivity index (χ0) is 14.7. The molecule has 7 heteroatoms. The van der Waals surface area contributed by atoms with E-state index < -0.39 is 21.6 Å². The normalized spacial score (nSPS) is 23.6. The smallest absolute Gasteiger partial charge is 0.203 e. The van der Waals surface area contributed by atoms with E-state index in [9.17, 15) is 21.6 Å². The Kier molecular flexibility index (Phi) is 5.43. The molecule has 0 spiro atoms. The zero-order valence-electron chi connectivity index (χ0n) is 11.2. The van der Waals surface area contributed by atoms with Crippen molar-refractivity contribution < 1.29 is 21.6 Å². The maximum atomic E-state index is 12.7. The van der Waals surface area contributed by atoms with Crippen molar-refractivity contribution in [2.24, 2.45) is 0 Å². The molecule has 1 aliphatic heterocycles. The van der Waals surface area contributed by atoms with E-state index in [0.29, 0.717) is 30.0 Å². The predicted molar refractivity (Wildman–Crippen MR) is 68.0 cm³/mol. The van der Waals surface area contributed by atoms with Gasteiger partial charge in [-0.2, -0.15) is 17.5 Å². The SMILES string of the molecule is CC/C=C(\CC)C1CCCCN1S(=O)(=O)C(F)(F)F. The van der Waals surface area contributed by atoms with Crippen LogP contribution in [0.15, 0.2) is 11.6 Å². The fourth-order valence-corrected chi connectivity index (χ4v) is 3.69. The minimum atomic E-state index is -5.23. The summed E-state index contributed by atoms with van der Waals surface area (Å²) in [5, 5.41) is 0. The van der Waals surface area contributed by atoms with Crippen LogP contribution in [0, 0.1) is 0 Å². The lowest BCUT2D eigenvalue weighted by atomic mass is 9.95. The molecule has 0 aliphatic carbocycles. The molecule has 0 bridgehead atoms. The third-order valence-electron chi connectivity index (χ3n) is 3.36. The highest BCUT2D eigenvalue weighted by Gasteiger charge is 2.52. The van der Waals surface area contributed by atoms with Crippen LogP contribution in [0.3, 0.4) is 0 Å². The van der Waals surface area contributed by atoms with Gasteiger partial charge in [-0.15, -0.1) is 0 Å². The van der Waals surface area contributed by atoms with Crippen LogP contribution in [0.1, 0.15) is 46.0 Å². The van der Waals surface area contributed by atoms with E-state index in [1.165, 1.54) is 0 Å². The zero-order valence-corrected chi connectivity index (χ0v) is 12.0. The Morgan fingerprint density at radius 2 is 1.95 bits per heavy atom. The summed E-state index contributed by atoms with van der Waals surface area (Å²) in [4.78, 5) is 0. The lowest BCUT2D eigenvalue weighted by Gasteiger charge is -2.36. The minimum Gasteiger partial charge on any atom is -0.203 e. The van der Waals surface area contributed by atoms with Crippen molar-refractivity contribution >= 4 is 10.0 Å². The van der Waals surface area contributed by atoms with Crippen LogP contribution < -0.4 is 0 Å². The van der Waals surface area contributed by atoms with Gasteiger partial charge in [-0.25, -0.2) is 8.42 Å². The highest BCUT2D eigenvalue weighted by Crippen LogP contribution is 2.34. The van der Waals surface area contributed by atoms with E-state index in [0.717, 1.165) is 12.0 Å². The van der Waals surface area contributed by atoms with Gasteiger partial charge in [-0.05, 0) is 25.7 Å². The number of alkyl halides is 3. The molecule has 1 unspecified atom stereocenters. The summed E-state index contributed by atoms with van der Waals surface area (Å²) in [6.45, 7) is 3.68. The van der Waals surface area contributed by atoms with Gasteiger partial charge in [-0.3, -0.25) is 0 Å². The van der Waals surface area contributed by atoms with Crippen LogP contribution in [0.25, 0.3) is 0 Å². The number of halogens is 3. The van der Waals surface area contributed by atoms with E-state index in [-0.39, 0.29) is 6.54 Å². The first-order valence-electron chi connectivity index (χ1n) is 6.52. The van der Waals surface area contributed by atoms with Crippen LogP contribution in [-0.2, 0) is 10.0 Å². The Balaban J connectivity index is 3.12. The van der Waals surface area contributed by atoms with Gasteiger partial charge < -0.3 is 0 Å². The Morgan fingerprint density at radius 1 is 1.32 bits per heavy atom. The van der Waals surface area contributed by atoms with Crippen molar-refractivity contribution in [1.82, 2.24) is 4.31 Å². The summed E-state index contributed by atoms with van der Waals surface area (Å²) in [5.74, 6) is 0. The van der Waals surface area contributed by atoms with Crippen molar-refractivity contribution in [3.8, 4) is 0 Å². The maximum Gasteiger partial charge on any atom is 0.511 e. The van der Waals surface area contributed by atoms with Crippen molar-refractivity contribution in [3.63, 3.8) is 0 Å². The van der Waals surface area contributed by atoms with E-state index in [2.05, 4.69) is 0 Å². The molecule has 1 aliphatic rings. The van der Waals surface area contributed by atoms with Gasteiger partial charge in [0.1, 0.15) is 0 Å². The topological polar surface area (TPSA) is 37.4 Å². The summed E-state index contributed by atoms with van der Waals surface area (Å²) in [7, 11) is -5.23. The molecule has 1 fully saturated rings. The molecule has 0 aromatic rings. The van der Waals surface area contributed by atoms with Crippen LogP contribution in [0.4, 0.5) is 13.2 Å². The number of rotatable bonds is 4. The average Bonchev–Trinajstić information content (AvgIpc) is 2.34. The molecular weight excluding hydrogens is 279 g/mol. The number of hydrogen-bond donors (Lipinski definition) is 0. The van der Waals surface area contributed by atoms with Gasteiger partial charge in [0.05, 0.1) is 0 Å². The molecule has 112 valence electrons. The molecule has 0 radical (unpaired) electrons. The molecule has 0 amide bonds. The Labute approximate surface area is 112 Å². The van der Waals surface area contributed by atoms with Gasteiger partial charge in [0.25, 0.3) is 0 Å². The number of sulfonamides is 1. The summed E-state index contributed by atoms with van der Waals surface area (Å²) in [6.07, 6.45) is 4.82. The number of nitrogens with zero attached hydrogens (tertiary/aromatic N) is 1. The molecule has 1 heterocycles. The second kappa shape index (κ2) is 6.26. The third-order valence-corrected chi connectivity index (χ3v) is 5.00. The lowest BCUT2D eigenvalue weighted by molar-refractivity contribution is -0.0503. The van der Waals surface area contributed by atoms with E-state index >= 15 is 0 Å².